The third-order valence-corrected chi connectivity index (χ3v) is 3.77. The molecule has 0 fully saturated rings. The summed E-state index contributed by atoms with van der Waals surface area (Å²) in [7, 11) is 0. The van der Waals surface area contributed by atoms with E-state index >= 15 is 0 Å². The molecule has 2 N–H and O–H groups in total. The van der Waals surface area contributed by atoms with Gasteiger partial charge in [0.25, 0.3) is 0 Å². The number of rotatable bonds is 5. The minimum Gasteiger partial charge on any atom is -0.454 e. The van der Waals surface area contributed by atoms with Crippen molar-refractivity contribution in [2.24, 2.45) is 0 Å². The fraction of sp³-hybridized carbons (Fsp3) is 0.176. The Morgan fingerprint density at radius 2 is 1.88 bits per heavy atom. The van der Waals surface area contributed by atoms with Crippen molar-refractivity contribution in [3.8, 4) is 11.5 Å². The van der Waals surface area contributed by atoms with Crippen LogP contribution < -0.4 is 20.1 Å². The van der Waals surface area contributed by atoms with Gasteiger partial charge in [0.05, 0.1) is 17.9 Å². The van der Waals surface area contributed by atoms with E-state index in [1.54, 1.807) is 0 Å². The second kappa shape index (κ2) is 6.98. The molecule has 2 aromatic carbocycles. The Hall–Kier alpha value is -2.80. The highest BCUT2D eigenvalue weighted by atomic mass is 35.5. The lowest BCUT2D eigenvalue weighted by molar-refractivity contribution is -0.114. The van der Waals surface area contributed by atoms with Crippen LogP contribution in [0.25, 0.3) is 0 Å². The maximum Gasteiger partial charge on any atom is 0.243 e. The highest BCUT2D eigenvalue weighted by Crippen LogP contribution is 2.37. The lowest BCUT2D eigenvalue weighted by Crippen LogP contribution is -2.23. The molecule has 1 aliphatic rings. The molecule has 3 rings (SSSR count). The van der Waals surface area contributed by atoms with E-state index in [2.05, 4.69) is 10.6 Å². The van der Waals surface area contributed by atoms with Crippen LogP contribution >= 0.6 is 11.6 Å². The first-order chi connectivity index (χ1) is 11.9. The Bertz CT molecular complexity index is 857. The number of ketones is 1. The van der Waals surface area contributed by atoms with Gasteiger partial charge in [0, 0.05) is 16.7 Å². The number of benzene rings is 2. The molecule has 1 aliphatic heterocycles. The molecule has 6 nitrogen and oxygen atoms in total. The maximum absolute atomic E-state index is 13.7. The Kier molecular flexibility index (Phi) is 4.76. The smallest absolute Gasteiger partial charge is 0.243 e. The van der Waals surface area contributed by atoms with E-state index in [4.69, 9.17) is 21.1 Å². The molecule has 8 heteroatoms. The molecule has 1 heterocycles. The van der Waals surface area contributed by atoms with Crippen LogP contribution in [0.4, 0.5) is 15.8 Å². The number of fused-ring (bicyclic) bond motifs is 1. The standard InChI is InChI=1S/C17H14ClFN2O4/c1-9(22)11-5-15-16(25-8-24-15)6-14(11)21-17(23)7-20-13-3-2-10(18)4-12(13)19/h2-6,20H,7-8H2,1H3,(H,21,23). The molecule has 0 radical (unpaired) electrons. The van der Waals surface area contributed by atoms with Crippen molar-refractivity contribution >= 4 is 34.7 Å². The Labute approximate surface area is 147 Å². The van der Waals surface area contributed by atoms with Gasteiger partial charge in [0.1, 0.15) is 5.82 Å². The summed E-state index contributed by atoms with van der Waals surface area (Å²) in [4.78, 5) is 23.9. The van der Waals surface area contributed by atoms with Crippen LogP contribution in [-0.4, -0.2) is 25.0 Å². The van der Waals surface area contributed by atoms with E-state index in [0.717, 1.165) is 6.07 Å². The van der Waals surface area contributed by atoms with Gasteiger partial charge >= 0.3 is 0 Å². The van der Waals surface area contributed by atoms with Gasteiger partial charge in [0.2, 0.25) is 12.7 Å². The summed E-state index contributed by atoms with van der Waals surface area (Å²) in [5.74, 6) is -0.351. The zero-order chi connectivity index (χ0) is 18.0. The number of hydrogen-bond donors (Lipinski definition) is 2. The fourth-order valence-electron chi connectivity index (χ4n) is 2.34. The van der Waals surface area contributed by atoms with Crippen LogP contribution in [0, 0.1) is 5.82 Å². The van der Waals surface area contributed by atoms with Crippen molar-refractivity contribution < 1.29 is 23.5 Å². The molecular formula is C17H14ClFN2O4. The van der Waals surface area contributed by atoms with Crippen molar-refractivity contribution in [3.05, 3.63) is 46.7 Å². The number of nitrogens with one attached hydrogen (secondary N) is 2. The minimum atomic E-state index is -0.562. The summed E-state index contributed by atoms with van der Waals surface area (Å²) in [6, 6.07) is 7.14. The molecule has 0 bridgehead atoms. The highest BCUT2D eigenvalue weighted by Gasteiger charge is 2.20. The van der Waals surface area contributed by atoms with E-state index in [-0.39, 0.29) is 29.8 Å². The predicted molar refractivity (Wildman–Crippen MR) is 91.1 cm³/mol. The van der Waals surface area contributed by atoms with Crippen molar-refractivity contribution in [1.29, 1.82) is 0 Å². The lowest BCUT2D eigenvalue weighted by atomic mass is 10.1. The molecule has 1 amide bonds. The van der Waals surface area contributed by atoms with E-state index in [0.29, 0.717) is 22.7 Å². The molecule has 0 aromatic heterocycles. The number of halogens is 2. The molecule has 2 aromatic rings. The first-order valence-corrected chi connectivity index (χ1v) is 7.75. The molecule has 130 valence electrons. The Balaban J connectivity index is 1.71. The summed E-state index contributed by atoms with van der Waals surface area (Å²) >= 11 is 5.68. The molecular weight excluding hydrogens is 351 g/mol. The average molecular weight is 365 g/mol. The van der Waals surface area contributed by atoms with Crippen LogP contribution in [0.3, 0.4) is 0 Å². The normalized spacial score (nSPS) is 12.0. The number of hydrogen-bond acceptors (Lipinski definition) is 5. The van der Waals surface area contributed by atoms with Crippen molar-refractivity contribution in [3.63, 3.8) is 0 Å². The van der Waals surface area contributed by atoms with Gasteiger partial charge in [-0.1, -0.05) is 11.6 Å². The first kappa shape index (κ1) is 17.0. The number of anilines is 2. The topological polar surface area (TPSA) is 76.7 Å². The first-order valence-electron chi connectivity index (χ1n) is 7.37. The zero-order valence-electron chi connectivity index (χ0n) is 13.2. The summed E-state index contributed by atoms with van der Waals surface area (Å²) in [6.07, 6.45) is 0. The number of carbonyl (C=O) groups is 2. The molecule has 0 atom stereocenters. The minimum absolute atomic E-state index is 0.0570. The lowest BCUT2D eigenvalue weighted by Gasteiger charge is -2.12. The summed E-state index contributed by atoms with van der Waals surface area (Å²) in [5.41, 5.74) is 0.757. The molecule has 0 spiro atoms. The predicted octanol–water partition coefficient (Wildman–Crippen LogP) is 3.46. The van der Waals surface area contributed by atoms with Crippen molar-refractivity contribution in [2.45, 2.75) is 6.92 Å². The van der Waals surface area contributed by atoms with Crippen LogP contribution in [-0.2, 0) is 4.79 Å². The summed E-state index contributed by atoms with van der Waals surface area (Å²) in [6.45, 7) is 1.25. The van der Waals surface area contributed by atoms with Crippen LogP contribution in [0.5, 0.6) is 11.5 Å². The second-order valence-corrected chi connectivity index (χ2v) is 5.77. The quantitative estimate of drug-likeness (QED) is 0.794. The van der Waals surface area contributed by atoms with Gasteiger partial charge < -0.3 is 20.1 Å². The molecule has 0 aliphatic carbocycles. The number of ether oxygens (including phenoxy) is 2. The summed E-state index contributed by atoms with van der Waals surface area (Å²) < 4.78 is 24.2. The SMILES string of the molecule is CC(=O)c1cc2c(cc1NC(=O)CNc1ccc(Cl)cc1F)OCO2. The maximum atomic E-state index is 13.7. The Morgan fingerprint density at radius 1 is 1.16 bits per heavy atom. The van der Waals surface area contributed by atoms with E-state index in [1.807, 2.05) is 0 Å². The van der Waals surface area contributed by atoms with Crippen LogP contribution in [0.2, 0.25) is 5.02 Å². The third kappa shape index (κ3) is 3.83. The highest BCUT2D eigenvalue weighted by molar-refractivity contribution is 6.30. The molecule has 0 unspecified atom stereocenters. The van der Waals surface area contributed by atoms with Gasteiger partial charge in [-0.2, -0.15) is 0 Å². The third-order valence-electron chi connectivity index (χ3n) is 3.54. The van der Waals surface area contributed by atoms with Gasteiger partial charge in [-0.25, -0.2) is 4.39 Å². The Morgan fingerprint density at radius 3 is 2.56 bits per heavy atom. The van der Waals surface area contributed by atoms with Crippen LogP contribution in [0.1, 0.15) is 17.3 Å². The van der Waals surface area contributed by atoms with Gasteiger partial charge in [-0.15, -0.1) is 0 Å². The van der Waals surface area contributed by atoms with Crippen molar-refractivity contribution in [1.82, 2.24) is 0 Å². The zero-order valence-corrected chi connectivity index (χ0v) is 13.9. The van der Waals surface area contributed by atoms with Gasteiger partial charge in [-0.05, 0) is 31.2 Å². The largest absolute Gasteiger partial charge is 0.454 e. The molecule has 25 heavy (non-hydrogen) atoms. The molecule has 0 saturated heterocycles. The monoisotopic (exact) mass is 364 g/mol. The van der Waals surface area contributed by atoms with E-state index < -0.39 is 11.7 Å². The average Bonchev–Trinajstić information content (AvgIpc) is 3.00. The van der Waals surface area contributed by atoms with E-state index in [1.165, 1.54) is 31.2 Å². The summed E-state index contributed by atoms with van der Waals surface area (Å²) in [5, 5.41) is 5.55. The van der Waals surface area contributed by atoms with Gasteiger partial charge in [0.15, 0.2) is 17.3 Å². The van der Waals surface area contributed by atoms with Crippen molar-refractivity contribution in [2.75, 3.05) is 24.0 Å². The van der Waals surface area contributed by atoms with Gasteiger partial charge in [-0.3, -0.25) is 9.59 Å². The number of Topliss-reactive ketones (excluding diaryl/α,β-unsaturated/α-hetero) is 1. The number of carbonyl (C=O) groups excluding carboxylic acids is 2. The van der Waals surface area contributed by atoms with E-state index in [9.17, 15) is 14.0 Å². The number of amides is 1. The fourth-order valence-corrected chi connectivity index (χ4v) is 2.50. The molecule has 0 saturated carbocycles. The second-order valence-electron chi connectivity index (χ2n) is 5.33. The van der Waals surface area contributed by atoms with Crippen LogP contribution in [0.15, 0.2) is 30.3 Å².